The molecule has 0 unspecified atom stereocenters. The molecule has 0 radical (unpaired) electrons. The van der Waals surface area contributed by atoms with E-state index in [1.807, 2.05) is 30.4 Å². The molecule has 94 valence electrons. The molecular weight excluding hydrogens is 238 g/mol. The van der Waals surface area contributed by atoms with E-state index in [0.717, 1.165) is 30.2 Å². The molecule has 1 aromatic rings. The van der Waals surface area contributed by atoms with Gasteiger partial charge in [0, 0.05) is 30.6 Å². The van der Waals surface area contributed by atoms with Crippen LogP contribution in [0.4, 0.5) is 0 Å². The third-order valence-electron chi connectivity index (χ3n) is 2.33. The van der Waals surface area contributed by atoms with Gasteiger partial charge in [-0.1, -0.05) is 18.2 Å². The molecule has 0 fully saturated rings. The van der Waals surface area contributed by atoms with Crippen LogP contribution >= 0.6 is 11.6 Å². The monoisotopic (exact) mass is 255 g/mol. The molecule has 3 nitrogen and oxygen atoms in total. The third-order valence-corrected chi connectivity index (χ3v) is 2.51. The number of ether oxygens (including phenoxy) is 2. The topological polar surface area (TPSA) is 30.5 Å². The number of methoxy groups -OCH3 is 2. The Labute approximate surface area is 107 Å². The summed E-state index contributed by atoms with van der Waals surface area (Å²) in [6.07, 6.45) is 3.92. The van der Waals surface area contributed by atoms with Crippen LogP contribution in [0.3, 0.4) is 0 Å². The van der Waals surface area contributed by atoms with E-state index in [9.17, 15) is 0 Å². The van der Waals surface area contributed by atoms with Crippen LogP contribution < -0.4 is 14.8 Å². The molecule has 1 aromatic carbocycles. The molecule has 0 bridgehead atoms. The fourth-order valence-corrected chi connectivity index (χ4v) is 1.56. The largest absolute Gasteiger partial charge is 0.497 e. The number of alkyl halides is 1. The van der Waals surface area contributed by atoms with Crippen LogP contribution in [-0.4, -0.2) is 26.6 Å². The average molecular weight is 256 g/mol. The summed E-state index contributed by atoms with van der Waals surface area (Å²) in [6, 6.07) is 5.80. The normalized spacial score (nSPS) is 10.8. The van der Waals surface area contributed by atoms with Crippen LogP contribution in [0.2, 0.25) is 0 Å². The van der Waals surface area contributed by atoms with E-state index < -0.39 is 0 Å². The van der Waals surface area contributed by atoms with Gasteiger partial charge in [-0.15, -0.1) is 11.6 Å². The van der Waals surface area contributed by atoms with Crippen molar-refractivity contribution < 1.29 is 9.47 Å². The van der Waals surface area contributed by atoms with Gasteiger partial charge >= 0.3 is 0 Å². The van der Waals surface area contributed by atoms with E-state index >= 15 is 0 Å². The zero-order valence-corrected chi connectivity index (χ0v) is 11.0. The highest BCUT2D eigenvalue weighted by Crippen LogP contribution is 2.24. The summed E-state index contributed by atoms with van der Waals surface area (Å²) in [5, 5.41) is 3.28. The lowest BCUT2D eigenvalue weighted by molar-refractivity contribution is 0.390. The summed E-state index contributed by atoms with van der Waals surface area (Å²) in [7, 11) is 3.30. The first-order chi connectivity index (χ1) is 8.31. The smallest absolute Gasteiger partial charge is 0.127 e. The number of halogens is 1. The van der Waals surface area contributed by atoms with Crippen molar-refractivity contribution in [3.8, 4) is 11.5 Å². The van der Waals surface area contributed by atoms with Crippen LogP contribution in [0.5, 0.6) is 11.5 Å². The zero-order valence-electron chi connectivity index (χ0n) is 10.2. The SMILES string of the molecule is COc1ccc(CNC/C=C/CCl)c(OC)c1. The Hall–Kier alpha value is -1.19. The number of benzene rings is 1. The maximum atomic E-state index is 5.53. The van der Waals surface area contributed by atoms with Crippen molar-refractivity contribution in [3.63, 3.8) is 0 Å². The van der Waals surface area contributed by atoms with Gasteiger partial charge in [-0.25, -0.2) is 0 Å². The molecule has 0 aliphatic rings. The van der Waals surface area contributed by atoms with Crippen molar-refractivity contribution in [1.29, 1.82) is 0 Å². The molecule has 1 N–H and O–H groups in total. The van der Waals surface area contributed by atoms with Crippen LogP contribution in [0.1, 0.15) is 5.56 Å². The Balaban J connectivity index is 2.55. The minimum absolute atomic E-state index is 0.549. The molecule has 17 heavy (non-hydrogen) atoms. The van der Waals surface area contributed by atoms with Crippen LogP contribution in [-0.2, 0) is 6.54 Å². The fraction of sp³-hybridized carbons (Fsp3) is 0.385. The summed E-state index contributed by atoms with van der Waals surface area (Å²) in [6.45, 7) is 1.54. The summed E-state index contributed by atoms with van der Waals surface area (Å²) >= 11 is 5.53. The van der Waals surface area contributed by atoms with Crippen LogP contribution in [0, 0.1) is 0 Å². The Morgan fingerprint density at radius 3 is 2.71 bits per heavy atom. The Morgan fingerprint density at radius 2 is 2.06 bits per heavy atom. The van der Waals surface area contributed by atoms with Gasteiger partial charge in [0.15, 0.2) is 0 Å². The third kappa shape index (κ3) is 4.67. The molecule has 0 aliphatic carbocycles. The molecule has 1 rings (SSSR count). The molecule has 0 atom stereocenters. The van der Waals surface area contributed by atoms with Crippen molar-refractivity contribution in [2.45, 2.75) is 6.54 Å². The van der Waals surface area contributed by atoms with Crippen molar-refractivity contribution >= 4 is 11.6 Å². The second-order valence-electron chi connectivity index (χ2n) is 3.43. The minimum Gasteiger partial charge on any atom is -0.497 e. The number of nitrogens with one attached hydrogen (secondary N) is 1. The molecule has 0 aromatic heterocycles. The summed E-state index contributed by atoms with van der Waals surface area (Å²) < 4.78 is 10.4. The Kier molecular flexibility index (Phi) is 6.51. The van der Waals surface area contributed by atoms with Crippen molar-refractivity contribution in [2.75, 3.05) is 26.6 Å². The van der Waals surface area contributed by atoms with E-state index in [-0.39, 0.29) is 0 Å². The highest BCUT2D eigenvalue weighted by atomic mass is 35.5. The predicted molar refractivity (Wildman–Crippen MR) is 71.1 cm³/mol. The first kappa shape index (κ1) is 13.9. The molecule has 0 aliphatic heterocycles. The number of allylic oxidation sites excluding steroid dienone is 1. The van der Waals surface area contributed by atoms with Gasteiger partial charge in [0.25, 0.3) is 0 Å². The summed E-state index contributed by atoms with van der Waals surface area (Å²) in [5.74, 6) is 2.18. The number of rotatable bonds is 7. The van der Waals surface area contributed by atoms with E-state index in [4.69, 9.17) is 21.1 Å². The van der Waals surface area contributed by atoms with Gasteiger partial charge in [0.2, 0.25) is 0 Å². The quantitative estimate of drug-likeness (QED) is 0.462. The van der Waals surface area contributed by atoms with Crippen LogP contribution in [0.15, 0.2) is 30.4 Å². The van der Waals surface area contributed by atoms with Gasteiger partial charge < -0.3 is 14.8 Å². The Bertz CT molecular complexity index is 366. The minimum atomic E-state index is 0.549. The first-order valence-corrected chi connectivity index (χ1v) is 5.98. The second-order valence-corrected chi connectivity index (χ2v) is 3.74. The maximum absolute atomic E-state index is 5.53. The lowest BCUT2D eigenvalue weighted by atomic mass is 10.2. The predicted octanol–water partition coefficient (Wildman–Crippen LogP) is 2.59. The zero-order chi connectivity index (χ0) is 12.5. The lowest BCUT2D eigenvalue weighted by Gasteiger charge is -2.10. The lowest BCUT2D eigenvalue weighted by Crippen LogP contribution is -2.13. The van der Waals surface area contributed by atoms with Gasteiger partial charge in [0.05, 0.1) is 14.2 Å². The van der Waals surface area contributed by atoms with E-state index in [1.54, 1.807) is 14.2 Å². The van der Waals surface area contributed by atoms with Crippen molar-refractivity contribution in [2.24, 2.45) is 0 Å². The summed E-state index contributed by atoms with van der Waals surface area (Å²) in [5.41, 5.74) is 1.10. The molecule has 0 saturated carbocycles. The number of hydrogen-bond donors (Lipinski definition) is 1. The van der Waals surface area contributed by atoms with E-state index in [1.165, 1.54) is 0 Å². The highest BCUT2D eigenvalue weighted by Gasteiger charge is 2.03. The van der Waals surface area contributed by atoms with Gasteiger partial charge in [-0.3, -0.25) is 0 Å². The van der Waals surface area contributed by atoms with E-state index in [0.29, 0.717) is 5.88 Å². The summed E-state index contributed by atoms with van der Waals surface area (Å²) in [4.78, 5) is 0. The molecule has 0 spiro atoms. The fourth-order valence-electron chi connectivity index (χ4n) is 1.43. The van der Waals surface area contributed by atoms with E-state index in [2.05, 4.69) is 5.32 Å². The molecule has 4 heteroatoms. The standard InChI is InChI=1S/C13H18ClNO2/c1-16-12-6-5-11(13(9-12)17-2)10-15-8-4-3-7-14/h3-6,9,15H,7-8,10H2,1-2H3/b4-3+. The van der Waals surface area contributed by atoms with Gasteiger partial charge in [-0.05, 0) is 6.07 Å². The van der Waals surface area contributed by atoms with Gasteiger partial charge in [0.1, 0.15) is 11.5 Å². The highest BCUT2D eigenvalue weighted by molar-refractivity contribution is 6.18. The molecule has 0 heterocycles. The first-order valence-electron chi connectivity index (χ1n) is 5.44. The molecule has 0 saturated heterocycles. The molecular formula is C13H18ClNO2. The average Bonchev–Trinajstić information content (AvgIpc) is 2.38. The van der Waals surface area contributed by atoms with Gasteiger partial charge in [-0.2, -0.15) is 0 Å². The van der Waals surface area contributed by atoms with Crippen molar-refractivity contribution in [1.82, 2.24) is 5.32 Å². The van der Waals surface area contributed by atoms with Crippen LogP contribution in [0.25, 0.3) is 0 Å². The Morgan fingerprint density at radius 1 is 1.24 bits per heavy atom. The maximum Gasteiger partial charge on any atom is 0.127 e. The second kappa shape index (κ2) is 7.98. The molecule has 0 amide bonds. The van der Waals surface area contributed by atoms with Crippen molar-refractivity contribution in [3.05, 3.63) is 35.9 Å². The number of hydrogen-bond acceptors (Lipinski definition) is 3.